The topological polar surface area (TPSA) is 32.3 Å². The van der Waals surface area contributed by atoms with E-state index in [2.05, 4.69) is 5.32 Å². The molecule has 1 unspecified atom stereocenters. The second-order valence-corrected chi connectivity index (χ2v) is 5.13. The Morgan fingerprint density at radius 3 is 2.94 bits per heavy atom. The summed E-state index contributed by atoms with van der Waals surface area (Å²) in [5.74, 6) is 0.160. The van der Waals surface area contributed by atoms with Crippen molar-refractivity contribution in [3.8, 4) is 0 Å². The molecule has 0 aliphatic carbocycles. The maximum Gasteiger partial charge on any atom is 0.255 e. The van der Waals surface area contributed by atoms with E-state index in [1.165, 1.54) is 0 Å². The van der Waals surface area contributed by atoms with Crippen molar-refractivity contribution in [2.24, 2.45) is 0 Å². The van der Waals surface area contributed by atoms with Crippen LogP contribution in [-0.2, 0) is 0 Å². The number of nitrogens with one attached hydrogen (secondary N) is 1. The Morgan fingerprint density at radius 2 is 2.38 bits per heavy atom. The normalized spacial score (nSPS) is 20.8. The monoisotopic (exact) mass is 238 g/mol. The molecule has 1 amide bonds. The van der Waals surface area contributed by atoms with Crippen molar-refractivity contribution in [2.45, 2.75) is 25.8 Å². The van der Waals surface area contributed by atoms with Crippen molar-refractivity contribution < 1.29 is 4.79 Å². The molecule has 1 saturated heterocycles. The SMILES string of the molecule is Cc1cscc1C(=O)N(C)C1CCCNC1. The van der Waals surface area contributed by atoms with Crippen molar-refractivity contribution in [1.82, 2.24) is 10.2 Å². The fraction of sp³-hybridized carbons (Fsp3) is 0.583. The Labute approximate surface area is 100 Å². The minimum absolute atomic E-state index is 0.160. The quantitative estimate of drug-likeness (QED) is 0.853. The molecule has 1 atom stereocenters. The lowest BCUT2D eigenvalue weighted by Gasteiger charge is -2.31. The average Bonchev–Trinajstić information content (AvgIpc) is 2.75. The van der Waals surface area contributed by atoms with Gasteiger partial charge in [0.15, 0.2) is 0 Å². The lowest BCUT2D eigenvalue weighted by molar-refractivity contribution is 0.0708. The number of nitrogens with zero attached hydrogens (tertiary/aromatic N) is 1. The highest BCUT2D eigenvalue weighted by molar-refractivity contribution is 7.08. The molecule has 2 rings (SSSR count). The first kappa shape index (κ1) is 11.6. The molecule has 1 aliphatic rings. The molecule has 1 N–H and O–H groups in total. The van der Waals surface area contributed by atoms with Crippen molar-refractivity contribution in [1.29, 1.82) is 0 Å². The highest BCUT2D eigenvalue weighted by atomic mass is 32.1. The van der Waals surface area contributed by atoms with Crippen LogP contribution in [0.3, 0.4) is 0 Å². The number of carbonyl (C=O) groups excluding carboxylic acids is 1. The maximum atomic E-state index is 12.2. The first-order valence-electron chi connectivity index (χ1n) is 5.71. The average molecular weight is 238 g/mol. The molecule has 2 heterocycles. The van der Waals surface area contributed by atoms with E-state index in [0.717, 1.165) is 37.1 Å². The Hall–Kier alpha value is -0.870. The summed E-state index contributed by atoms with van der Waals surface area (Å²) in [6.45, 7) is 4.00. The Morgan fingerprint density at radius 1 is 1.56 bits per heavy atom. The zero-order chi connectivity index (χ0) is 11.5. The fourth-order valence-electron chi connectivity index (χ4n) is 2.10. The van der Waals surface area contributed by atoms with Crippen LogP contribution in [0, 0.1) is 6.92 Å². The van der Waals surface area contributed by atoms with E-state index >= 15 is 0 Å². The van der Waals surface area contributed by atoms with E-state index in [9.17, 15) is 4.79 Å². The summed E-state index contributed by atoms with van der Waals surface area (Å²) >= 11 is 1.60. The van der Waals surface area contributed by atoms with Crippen molar-refractivity contribution >= 4 is 17.2 Å². The lowest BCUT2D eigenvalue weighted by atomic mass is 10.1. The number of hydrogen-bond acceptors (Lipinski definition) is 3. The van der Waals surface area contributed by atoms with Crippen LogP contribution >= 0.6 is 11.3 Å². The highest BCUT2D eigenvalue weighted by Crippen LogP contribution is 2.18. The standard InChI is InChI=1S/C12H18N2OS/c1-9-7-16-8-11(9)12(15)14(2)10-4-3-5-13-6-10/h7-8,10,13H,3-6H2,1-2H3. The molecule has 1 aromatic rings. The Kier molecular flexibility index (Phi) is 3.61. The first-order chi connectivity index (χ1) is 7.70. The predicted octanol–water partition coefficient (Wildman–Crippen LogP) is 1.88. The molecule has 0 saturated carbocycles. The van der Waals surface area contributed by atoms with Crippen molar-refractivity contribution in [3.63, 3.8) is 0 Å². The van der Waals surface area contributed by atoms with E-state index < -0.39 is 0 Å². The van der Waals surface area contributed by atoms with Gasteiger partial charge in [-0.3, -0.25) is 4.79 Å². The fourth-order valence-corrected chi connectivity index (χ4v) is 2.92. The molecule has 0 bridgehead atoms. The van der Waals surface area contributed by atoms with Gasteiger partial charge in [0.05, 0.1) is 5.56 Å². The molecule has 0 aromatic carbocycles. The summed E-state index contributed by atoms with van der Waals surface area (Å²) in [6.07, 6.45) is 2.27. The number of piperidine rings is 1. The summed E-state index contributed by atoms with van der Waals surface area (Å²) in [7, 11) is 1.91. The number of aryl methyl sites for hydroxylation is 1. The molecular formula is C12H18N2OS. The Bertz CT molecular complexity index is 369. The summed E-state index contributed by atoms with van der Waals surface area (Å²) < 4.78 is 0. The van der Waals surface area contributed by atoms with E-state index in [0.29, 0.717) is 6.04 Å². The zero-order valence-corrected chi connectivity index (χ0v) is 10.6. The lowest BCUT2D eigenvalue weighted by Crippen LogP contribution is -2.46. The minimum atomic E-state index is 0.160. The molecule has 88 valence electrons. The van der Waals surface area contributed by atoms with E-state index in [1.807, 2.05) is 29.6 Å². The van der Waals surface area contributed by atoms with Crippen LogP contribution in [0.1, 0.15) is 28.8 Å². The van der Waals surface area contributed by atoms with Crippen LogP contribution in [0.2, 0.25) is 0 Å². The van der Waals surface area contributed by atoms with Gasteiger partial charge in [0, 0.05) is 25.0 Å². The third-order valence-electron chi connectivity index (χ3n) is 3.22. The molecule has 1 fully saturated rings. The molecule has 1 aliphatic heterocycles. The molecule has 3 nitrogen and oxygen atoms in total. The number of amides is 1. The van der Waals surface area contributed by atoms with E-state index in [4.69, 9.17) is 0 Å². The number of rotatable bonds is 2. The van der Waals surface area contributed by atoms with Crippen LogP contribution in [0.5, 0.6) is 0 Å². The predicted molar refractivity (Wildman–Crippen MR) is 67.0 cm³/mol. The molecule has 0 radical (unpaired) electrons. The summed E-state index contributed by atoms with van der Waals surface area (Å²) in [4.78, 5) is 14.1. The first-order valence-corrected chi connectivity index (χ1v) is 6.65. The maximum absolute atomic E-state index is 12.2. The van der Waals surface area contributed by atoms with Gasteiger partial charge < -0.3 is 10.2 Å². The summed E-state index contributed by atoms with van der Waals surface area (Å²) in [5, 5.41) is 7.32. The van der Waals surface area contributed by atoms with Crippen LogP contribution < -0.4 is 5.32 Å². The van der Waals surface area contributed by atoms with Gasteiger partial charge in [-0.15, -0.1) is 0 Å². The van der Waals surface area contributed by atoms with Gasteiger partial charge in [-0.05, 0) is 37.3 Å². The minimum Gasteiger partial charge on any atom is -0.337 e. The Balaban J connectivity index is 2.06. The number of carbonyl (C=O) groups is 1. The number of hydrogen-bond donors (Lipinski definition) is 1. The van der Waals surface area contributed by atoms with Crippen LogP contribution in [0.4, 0.5) is 0 Å². The molecule has 4 heteroatoms. The second-order valence-electron chi connectivity index (χ2n) is 4.38. The number of likely N-dealkylation sites (N-methyl/N-ethyl adjacent to an activating group) is 1. The molecule has 16 heavy (non-hydrogen) atoms. The van der Waals surface area contributed by atoms with Crippen LogP contribution in [0.25, 0.3) is 0 Å². The summed E-state index contributed by atoms with van der Waals surface area (Å²) in [5.41, 5.74) is 1.95. The third-order valence-corrected chi connectivity index (χ3v) is 4.09. The van der Waals surface area contributed by atoms with Crippen LogP contribution in [0.15, 0.2) is 10.8 Å². The molecular weight excluding hydrogens is 220 g/mol. The van der Waals surface area contributed by atoms with Crippen molar-refractivity contribution in [3.05, 3.63) is 21.9 Å². The van der Waals surface area contributed by atoms with Gasteiger partial charge in [0.25, 0.3) is 5.91 Å². The van der Waals surface area contributed by atoms with Crippen molar-refractivity contribution in [2.75, 3.05) is 20.1 Å². The highest BCUT2D eigenvalue weighted by Gasteiger charge is 2.23. The second kappa shape index (κ2) is 4.97. The molecule has 0 spiro atoms. The van der Waals surface area contributed by atoms with Gasteiger partial charge >= 0.3 is 0 Å². The van der Waals surface area contributed by atoms with Gasteiger partial charge in [-0.2, -0.15) is 11.3 Å². The van der Waals surface area contributed by atoms with Gasteiger partial charge in [0.1, 0.15) is 0 Å². The smallest absolute Gasteiger partial charge is 0.255 e. The van der Waals surface area contributed by atoms with Gasteiger partial charge in [0.2, 0.25) is 0 Å². The summed E-state index contributed by atoms with van der Waals surface area (Å²) in [6, 6.07) is 0.348. The molecule has 1 aromatic heterocycles. The number of thiophene rings is 1. The van der Waals surface area contributed by atoms with Gasteiger partial charge in [-0.1, -0.05) is 0 Å². The zero-order valence-electron chi connectivity index (χ0n) is 9.82. The van der Waals surface area contributed by atoms with Gasteiger partial charge in [-0.25, -0.2) is 0 Å². The van der Waals surface area contributed by atoms with Crippen LogP contribution in [-0.4, -0.2) is 37.0 Å². The third kappa shape index (κ3) is 2.28. The van der Waals surface area contributed by atoms with E-state index in [1.54, 1.807) is 11.3 Å². The largest absolute Gasteiger partial charge is 0.337 e. The van der Waals surface area contributed by atoms with E-state index in [-0.39, 0.29) is 5.91 Å².